The monoisotopic (exact) mass is 303 g/mol. The summed E-state index contributed by atoms with van der Waals surface area (Å²) in [5.74, 6) is 1.53. The zero-order valence-corrected chi connectivity index (χ0v) is 13.0. The predicted octanol–water partition coefficient (Wildman–Crippen LogP) is 4.02. The molecule has 1 heterocycles. The maximum absolute atomic E-state index is 12.8. The van der Waals surface area contributed by atoms with Gasteiger partial charge in [0.25, 0.3) is 5.56 Å². The third kappa shape index (κ3) is 1.90. The van der Waals surface area contributed by atoms with Crippen molar-refractivity contribution in [1.82, 2.24) is 4.57 Å². The Morgan fingerprint density at radius 1 is 1.33 bits per heavy atom. The van der Waals surface area contributed by atoms with Gasteiger partial charge in [0.15, 0.2) is 0 Å². The van der Waals surface area contributed by atoms with Crippen LogP contribution in [0.1, 0.15) is 32.2 Å². The van der Waals surface area contributed by atoms with Gasteiger partial charge in [0.05, 0.1) is 18.7 Å². The van der Waals surface area contributed by atoms with E-state index in [1.807, 2.05) is 16.8 Å². The van der Waals surface area contributed by atoms with Crippen LogP contribution in [0.5, 0.6) is 5.75 Å². The van der Waals surface area contributed by atoms with Crippen LogP contribution in [0.25, 0.3) is 10.8 Å². The molecule has 4 rings (SSSR count). The first-order valence-corrected chi connectivity index (χ1v) is 7.78. The van der Waals surface area contributed by atoms with Gasteiger partial charge in [-0.15, -0.1) is 0 Å². The molecule has 0 saturated heterocycles. The summed E-state index contributed by atoms with van der Waals surface area (Å²) in [6.07, 6.45) is 5.38. The first kappa shape index (κ1) is 13.2. The normalized spacial score (nSPS) is 30.4. The second kappa shape index (κ2) is 4.26. The van der Waals surface area contributed by atoms with Gasteiger partial charge in [0, 0.05) is 16.5 Å². The van der Waals surface area contributed by atoms with E-state index in [2.05, 4.69) is 6.92 Å². The lowest BCUT2D eigenvalue weighted by atomic mass is 10.0. The van der Waals surface area contributed by atoms with Crippen LogP contribution >= 0.6 is 11.6 Å². The zero-order chi connectivity index (χ0) is 14.8. The standard InChI is InChI=1S/C17H18ClNO2/c1-17-7-10(17)5-12(8-17)19-9-15(21-2)13-4-3-11(18)6-14(13)16(19)20/h3-4,6,9-10,12H,5,7-8H2,1-2H3/t10-,12+,17-/m0/s1. The second-order valence-corrected chi connectivity index (χ2v) is 7.18. The van der Waals surface area contributed by atoms with Gasteiger partial charge < -0.3 is 9.30 Å². The molecule has 0 amide bonds. The highest BCUT2D eigenvalue weighted by Gasteiger charge is 2.57. The number of pyridine rings is 1. The number of rotatable bonds is 2. The molecule has 4 heteroatoms. The smallest absolute Gasteiger partial charge is 0.258 e. The lowest BCUT2D eigenvalue weighted by molar-refractivity contribution is 0.390. The van der Waals surface area contributed by atoms with Crippen molar-refractivity contribution in [2.45, 2.75) is 32.2 Å². The van der Waals surface area contributed by atoms with Crippen LogP contribution in [-0.4, -0.2) is 11.7 Å². The van der Waals surface area contributed by atoms with E-state index in [-0.39, 0.29) is 5.56 Å². The number of halogens is 1. The quantitative estimate of drug-likeness (QED) is 0.839. The Balaban J connectivity index is 1.89. The molecule has 0 spiro atoms. The van der Waals surface area contributed by atoms with Gasteiger partial charge in [0.2, 0.25) is 0 Å². The lowest BCUT2D eigenvalue weighted by Gasteiger charge is -2.19. The lowest BCUT2D eigenvalue weighted by Crippen LogP contribution is -2.24. The van der Waals surface area contributed by atoms with E-state index in [0.29, 0.717) is 21.9 Å². The van der Waals surface area contributed by atoms with Crippen molar-refractivity contribution >= 4 is 22.4 Å². The molecule has 110 valence electrons. The van der Waals surface area contributed by atoms with Crippen LogP contribution in [-0.2, 0) is 0 Å². The Bertz CT molecular complexity index is 797. The van der Waals surface area contributed by atoms with Crippen LogP contribution in [0, 0.1) is 11.3 Å². The number of hydrogen-bond acceptors (Lipinski definition) is 2. The first-order chi connectivity index (χ1) is 10.0. The van der Waals surface area contributed by atoms with E-state index in [1.165, 1.54) is 6.42 Å². The molecule has 2 fully saturated rings. The van der Waals surface area contributed by atoms with Crippen LogP contribution in [0.15, 0.2) is 29.2 Å². The van der Waals surface area contributed by atoms with Gasteiger partial charge in [-0.25, -0.2) is 0 Å². The number of hydrogen-bond donors (Lipinski definition) is 0. The summed E-state index contributed by atoms with van der Waals surface area (Å²) in [7, 11) is 1.64. The Hall–Kier alpha value is -1.48. The Morgan fingerprint density at radius 3 is 2.81 bits per heavy atom. The molecule has 3 nitrogen and oxygen atoms in total. The summed E-state index contributed by atoms with van der Waals surface area (Å²) in [5.41, 5.74) is 0.504. The molecule has 2 aliphatic rings. The minimum atomic E-state index is 0.0446. The fourth-order valence-corrected chi connectivity index (χ4v) is 4.19. The highest BCUT2D eigenvalue weighted by molar-refractivity contribution is 6.31. The van der Waals surface area contributed by atoms with E-state index >= 15 is 0 Å². The molecule has 2 aliphatic carbocycles. The van der Waals surface area contributed by atoms with E-state index in [1.54, 1.807) is 19.2 Å². The number of ether oxygens (including phenoxy) is 1. The maximum Gasteiger partial charge on any atom is 0.258 e. The van der Waals surface area contributed by atoms with E-state index in [0.717, 1.165) is 29.9 Å². The molecule has 0 aliphatic heterocycles. The summed E-state index contributed by atoms with van der Waals surface area (Å²) < 4.78 is 7.35. The molecular weight excluding hydrogens is 286 g/mol. The molecule has 0 unspecified atom stereocenters. The topological polar surface area (TPSA) is 31.2 Å². The SMILES string of the molecule is COc1cn([C@@H]2C[C@H]3C[C@@]3(C)C2)c(=O)c2cc(Cl)ccc12. The molecule has 1 aromatic carbocycles. The second-order valence-electron chi connectivity index (χ2n) is 6.75. The fraction of sp³-hybridized carbons (Fsp3) is 0.471. The van der Waals surface area contributed by atoms with Crippen LogP contribution < -0.4 is 10.3 Å². The van der Waals surface area contributed by atoms with Crippen LogP contribution in [0.4, 0.5) is 0 Å². The van der Waals surface area contributed by atoms with Crippen LogP contribution in [0.2, 0.25) is 5.02 Å². The number of benzene rings is 1. The molecule has 2 saturated carbocycles. The zero-order valence-electron chi connectivity index (χ0n) is 12.2. The van der Waals surface area contributed by atoms with Gasteiger partial charge >= 0.3 is 0 Å². The van der Waals surface area contributed by atoms with E-state index in [4.69, 9.17) is 16.3 Å². The van der Waals surface area contributed by atoms with Crippen LogP contribution in [0.3, 0.4) is 0 Å². The highest BCUT2D eigenvalue weighted by Crippen LogP contribution is 2.66. The number of nitrogens with zero attached hydrogens (tertiary/aromatic N) is 1. The molecule has 21 heavy (non-hydrogen) atoms. The van der Waals surface area contributed by atoms with E-state index in [9.17, 15) is 4.79 Å². The Kier molecular flexibility index (Phi) is 2.68. The summed E-state index contributed by atoms with van der Waals surface area (Å²) in [6, 6.07) is 5.69. The van der Waals surface area contributed by atoms with Crippen molar-refractivity contribution in [2.75, 3.05) is 7.11 Å². The van der Waals surface area contributed by atoms with Crippen molar-refractivity contribution in [2.24, 2.45) is 11.3 Å². The summed E-state index contributed by atoms with van der Waals surface area (Å²) in [5, 5.41) is 2.06. The average molecular weight is 304 g/mol. The largest absolute Gasteiger partial charge is 0.495 e. The molecule has 2 aromatic rings. The number of methoxy groups -OCH3 is 1. The molecule has 0 N–H and O–H groups in total. The molecule has 0 radical (unpaired) electrons. The first-order valence-electron chi connectivity index (χ1n) is 7.40. The highest BCUT2D eigenvalue weighted by atomic mass is 35.5. The van der Waals surface area contributed by atoms with Gasteiger partial charge in [0.1, 0.15) is 5.75 Å². The van der Waals surface area contributed by atoms with Crippen molar-refractivity contribution in [3.8, 4) is 5.75 Å². The van der Waals surface area contributed by atoms with Gasteiger partial charge in [-0.1, -0.05) is 18.5 Å². The molecule has 1 aromatic heterocycles. The minimum absolute atomic E-state index is 0.0446. The Morgan fingerprint density at radius 2 is 2.14 bits per heavy atom. The molecule has 0 bridgehead atoms. The van der Waals surface area contributed by atoms with Gasteiger partial charge in [-0.2, -0.15) is 0 Å². The summed E-state index contributed by atoms with van der Waals surface area (Å²) in [6.45, 7) is 2.33. The van der Waals surface area contributed by atoms with E-state index < -0.39 is 0 Å². The summed E-state index contributed by atoms with van der Waals surface area (Å²) in [4.78, 5) is 12.8. The third-order valence-electron chi connectivity index (χ3n) is 5.38. The number of fused-ring (bicyclic) bond motifs is 2. The maximum atomic E-state index is 12.8. The van der Waals surface area contributed by atoms with Gasteiger partial charge in [-0.05, 0) is 48.8 Å². The number of aromatic nitrogens is 1. The predicted molar refractivity (Wildman–Crippen MR) is 84.3 cm³/mol. The Labute approximate surface area is 128 Å². The fourth-order valence-electron chi connectivity index (χ4n) is 4.02. The van der Waals surface area contributed by atoms with Gasteiger partial charge in [-0.3, -0.25) is 4.79 Å². The van der Waals surface area contributed by atoms with Crippen molar-refractivity contribution in [3.05, 3.63) is 39.8 Å². The van der Waals surface area contributed by atoms with Crippen molar-refractivity contribution in [1.29, 1.82) is 0 Å². The molecule has 3 atom stereocenters. The average Bonchev–Trinajstić information content (AvgIpc) is 2.97. The van der Waals surface area contributed by atoms with Crippen molar-refractivity contribution in [3.63, 3.8) is 0 Å². The third-order valence-corrected chi connectivity index (χ3v) is 5.61. The summed E-state index contributed by atoms with van der Waals surface area (Å²) >= 11 is 6.06. The van der Waals surface area contributed by atoms with Crippen molar-refractivity contribution < 1.29 is 4.74 Å². The minimum Gasteiger partial charge on any atom is -0.495 e. The molecular formula is C17H18ClNO2.